The highest BCUT2D eigenvalue weighted by atomic mass is 35.5. The first-order chi connectivity index (χ1) is 24.9. The van der Waals surface area contributed by atoms with E-state index in [1.54, 1.807) is 46.4 Å². The highest BCUT2D eigenvalue weighted by molar-refractivity contribution is 6.33. The van der Waals surface area contributed by atoms with Crippen molar-refractivity contribution in [2.45, 2.75) is 96.4 Å². The third-order valence-electron chi connectivity index (χ3n) is 8.65. The molecule has 4 rings (SSSR count). The lowest BCUT2D eigenvalue weighted by atomic mass is 9.86. The molecule has 10 nitrogen and oxygen atoms in total. The number of alkyl carbamates (subject to hydrolysis) is 1. The number of carbonyl (C=O) groups excluding carboxylic acids is 3. The molecule has 3 aromatic rings. The molecular formula is C40H47ClF2N4O6. The first kappa shape index (κ1) is 40.9. The fourth-order valence-electron chi connectivity index (χ4n) is 6.22. The first-order valence-corrected chi connectivity index (χ1v) is 17.9. The molecule has 13 heteroatoms. The number of benzene rings is 3. The molecule has 1 atom stereocenters. The van der Waals surface area contributed by atoms with Crippen LogP contribution in [0.25, 0.3) is 11.1 Å². The van der Waals surface area contributed by atoms with Gasteiger partial charge in [0.25, 0.3) is 5.91 Å². The molecule has 1 aliphatic rings. The number of ether oxygens (including phenoxy) is 3. The van der Waals surface area contributed by atoms with Gasteiger partial charge >= 0.3 is 12.2 Å². The maximum absolute atomic E-state index is 16.1. The normalized spacial score (nSPS) is 16.5. The van der Waals surface area contributed by atoms with E-state index in [1.165, 1.54) is 31.3 Å². The Morgan fingerprint density at radius 1 is 0.943 bits per heavy atom. The van der Waals surface area contributed by atoms with Crippen molar-refractivity contribution in [3.63, 3.8) is 0 Å². The quantitative estimate of drug-likeness (QED) is 0.213. The minimum Gasteiger partial charge on any atom is -0.481 e. The van der Waals surface area contributed by atoms with Gasteiger partial charge in [-0.25, -0.2) is 18.4 Å². The fourth-order valence-corrected chi connectivity index (χ4v) is 6.42. The molecule has 0 heterocycles. The Balaban J connectivity index is 1.76. The highest BCUT2D eigenvalue weighted by Gasteiger charge is 2.35. The molecule has 3 amide bonds. The van der Waals surface area contributed by atoms with Crippen LogP contribution in [0.4, 0.5) is 18.4 Å². The Morgan fingerprint density at radius 3 is 2.17 bits per heavy atom. The maximum Gasteiger partial charge on any atom is 0.410 e. The van der Waals surface area contributed by atoms with Crippen LogP contribution in [-0.2, 0) is 14.3 Å². The van der Waals surface area contributed by atoms with Crippen LogP contribution in [0.1, 0.15) is 89.8 Å². The van der Waals surface area contributed by atoms with Crippen molar-refractivity contribution in [2.75, 3.05) is 20.2 Å². The Labute approximate surface area is 314 Å². The van der Waals surface area contributed by atoms with Gasteiger partial charge in [0, 0.05) is 42.7 Å². The van der Waals surface area contributed by atoms with E-state index in [-0.39, 0.29) is 41.1 Å². The van der Waals surface area contributed by atoms with Crippen molar-refractivity contribution in [2.24, 2.45) is 0 Å². The second kappa shape index (κ2) is 17.3. The van der Waals surface area contributed by atoms with Crippen LogP contribution < -0.4 is 15.4 Å². The first-order valence-electron chi connectivity index (χ1n) is 17.5. The third-order valence-corrected chi connectivity index (χ3v) is 9.04. The number of likely N-dealkylation sites (N-methyl/N-ethyl adjacent to an activating group) is 1. The van der Waals surface area contributed by atoms with E-state index in [9.17, 15) is 19.6 Å². The molecule has 1 aliphatic carbocycles. The van der Waals surface area contributed by atoms with E-state index in [4.69, 9.17) is 25.8 Å². The van der Waals surface area contributed by atoms with Gasteiger partial charge in [-0.1, -0.05) is 41.9 Å². The molecule has 1 unspecified atom stereocenters. The summed E-state index contributed by atoms with van der Waals surface area (Å²) < 4.78 is 48.8. The number of nitrogens with one attached hydrogen (secondary N) is 2. The van der Waals surface area contributed by atoms with E-state index < -0.39 is 58.5 Å². The zero-order valence-electron chi connectivity index (χ0n) is 31.1. The van der Waals surface area contributed by atoms with E-state index in [1.807, 2.05) is 36.4 Å². The molecule has 2 N–H and O–H groups in total. The largest absolute Gasteiger partial charge is 0.481 e. The second-order valence-corrected chi connectivity index (χ2v) is 15.4. The molecule has 0 spiro atoms. The number of nitriles is 1. The van der Waals surface area contributed by atoms with Crippen LogP contribution in [-0.4, -0.2) is 66.5 Å². The summed E-state index contributed by atoms with van der Waals surface area (Å²) in [5, 5.41) is 14.9. The van der Waals surface area contributed by atoms with Crippen LogP contribution in [0.15, 0.2) is 54.6 Å². The number of halogens is 3. The number of hydrogen-bond acceptors (Lipinski definition) is 7. The van der Waals surface area contributed by atoms with Gasteiger partial charge in [0.1, 0.15) is 17.0 Å². The molecule has 0 saturated heterocycles. The van der Waals surface area contributed by atoms with Crippen molar-refractivity contribution < 1.29 is 37.4 Å². The minimum atomic E-state index is -0.991. The minimum absolute atomic E-state index is 0.0527. The van der Waals surface area contributed by atoms with Crippen LogP contribution in [0.2, 0.25) is 5.02 Å². The van der Waals surface area contributed by atoms with Gasteiger partial charge in [-0.3, -0.25) is 4.79 Å². The van der Waals surface area contributed by atoms with Gasteiger partial charge in [0.15, 0.2) is 18.2 Å². The number of amides is 3. The topological polar surface area (TPSA) is 130 Å². The standard InChI is InChI=1S/C40H47ClF2N4O6/c1-39(2,3)52-37(49)46-27-14-16-28(17-15-27)47(38(50)53-40(4,5)6)22-30(24-11-9-8-10-12-24)26-19-29(35(41)31(42)20-26)34-25(21-44)13-18-32(36(34)43)51-23-33(48)45-7/h8-13,18-20,27-28,30H,14-17,22-23H2,1-7H3,(H,45,48)(H,46,49). The van der Waals surface area contributed by atoms with Crippen molar-refractivity contribution in [1.82, 2.24) is 15.5 Å². The Bertz CT molecular complexity index is 1830. The lowest BCUT2D eigenvalue weighted by Gasteiger charge is -2.39. The molecule has 0 radical (unpaired) electrons. The highest BCUT2D eigenvalue weighted by Crippen LogP contribution is 2.41. The van der Waals surface area contributed by atoms with Gasteiger partial charge < -0.3 is 29.7 Å². The van der Waals surface area contributed by atoms with Crippen LogP contribution in [0.5, 0.6) is 5.75 Å². The number of nitrogens with zero attached hydrogens (tertiary/aromatic N) is 2. The summed E-state index contributed by atoms with van der Waals surface area (Å²) in [6, 6.07) is 16.0. The van der Waals surface area contributed by atoms with E-state index in [0.717, 1.165) is 5.56 Å². The summed E-state index contributed by atoms with van der Waals surface area (Å²) in [5.74, 6) is -3.34. The van der Waals surface area contributed by atoms with Crippen LogP contribution in [0.3, 0.4) is 0 Å². The smallest absolute Gasteiger partial charge is 0.410 e. The molecule has 1 saturated carbocycles. The van der Waals surface area contributed by atoms with Gasteiger partial charge in [0.2, 0.25) is 0 Å². The van der Waals surface area contributed by atoms with Gasteiger partial charge in [0.05, 0.1) is 16.7 Å². The molecule has 0 aromatic heterocycles. The Morgan fingerprint density at radius 2 is 1.58 bits per heavy atom. The zero-order valence-corrected chi connectivity index (χ0v) is 31.9. The second-order valence-electron chi connectivity index (χ2n) is 15.0. The summed E-state index contributed by atoms with van der Waals surface area (Å²) in [5.41, 5.74) is -0.883. The molecule has 1 fully saturated rings. The maximum atomic E-state index is 16.1. The SMILES string of the molecule is CNC(=O)COc1ccc(C#N)c(-c2cc(C(CN(C(=O)OC(C)(C)C)C3CCC(NC(=O)OC(C)(C)C)CC3)c3ccccc3)cc(F)c2Cl)c1F. The average Bonchev–Trinajstić information content (AvgIpc) is 3.08. The predicted octanol–water partition coefficient (Wildman–Crippen LogP) is 8.49. The van der Waals surface area contributed by atoms with Crippen molar-refractivity contribution in [1.29, 1.82) is 5.26 Å². The predicted molar refractivity (Wildman–Crippen MR) is 198 cm³/mol. The Hall–Kier alpha value is -4.89. The van der Waals surface area contributed by atoms with Gasteiger partial charge in [-0.15, -0.1) is 0 Å². The summed E-state index contributed by atoms with van der Waals surface area (Å²) in [6.07, 6.45) is 1.17. The van der Waals surface area contributed by atoms with Crippen molar-refractivity contribution in [3.8, 4) is 22.9 Å². The molecule has 0 bridgehead atoms. The monoisotopic (exact) mass is 752 g/mol. The van der Waals surface area contributed by atoms with E-state index >= 15 is 8.78 Å². The molecule has 53 heavy (non-hydrogen) atoms. The van der Waals surface area contributed by atoms with Crippen molar-refractivity contribution in [3.05, 3.63) is 87.9 Å². The van der Waals surface area contributed by atoms with Crippen molar-refractivity contribution >= 4 is 29.7 Å². The molecule has 0 aliphatic heterocycles. The number of rotatable bonds is 10. The van der Waals surface area contributed by atoms with E-state index in [2.05, 4.69) is 10.6 Å². The van der Waals surface area contributed by atoms with Crippen LogP contribution >= 0.6 is 11.6 Å². The van der Waals surface area contributed by atoms with Gasteiger partial charge in [-0.2, -0.15) is 5.26 Å². The molecule has 284 valence electrons. The zero-order chi connectivity index (χ0) is 39.1. The molecular weight excluding hydrogens is 706 g/mol. The summed E-state index contributed by atoms with van der Waals surface area (Å²) in [6.45, 7) is 10.3. The van der Waals surface area contributed by atoms with Gasteiger partial charge in [-0.05, 0) is 103 Å². The number of hydrogen-bond donors (Lipinski definition) is 2. The lowest BCUT2D eigenvalue weighted by molar-refractivity contribution is -0.122. The van der Waals surface area contributed by atoms with Crippen LogP contribution in [0, 0.1) is 23.0 Å². The summed E-state index contributed by atoms with van der Waals surface area (Å²) in [4.78, 5) is 39.9. The fraction of sp³-hybridized carbons (Fsp3) is 0.450. The lowest BCUT2D eigenvalue weighted by Crippen LogP contribution is -2.49. The molecule has 3 aromatic carbocycles. The average molecular weight is 753 g/mol. The van der Waals surface area contributed by atoms with E-state index in [0.29, 0.717) is 31.2 Å². The Kier molecular flexibility index (Phi) is 13.3. The summed E-state index contributed by atoms with van der Waals surface area (Å²) >= 11 is 6.51. The third kappa shape index (κ3) is 11.1. The number of carbonyl (C=O) groups is 3. The summed E-state index contributed by atoms with van der Waals surface area (Å²) in [7, 11) is 1.41.